The number of aliphatic imine (C=N–C) groups is 2. The van der Waals surface area contributed by atoms with Crippen LogP contribution in [-0.4, -0.2) is 39.2 Å². The van der Waals surface area contributed by atoms with Gasteiger partial charge in [0.2, 0.25) is 11.3 Å². The molecular weight excluding hydrogens is 372 g/mol. The lowest BCUT2D eigenvalue weighted by atomic mass is 9.79. The number of rotatable bonds is 5. The van der Waals surface area contributed by atoms with Crippen LogP contribution in [0.25, 0.3) is 5.57 Å². The average molecular weight is 392 g/mol. The van der Waals surface area contributed by atoms with Gasteiger partial charge in [0.05, 0.1) is 32.7 Å². The van der Waals surface area contributed by atoms with Gasteiger partial charge in [-0.25, -0.2) is 10.8 Å². The molecule has 1 atom stereocenters. The first-order chi connectivity index (χ1) is 14.1. The van der Waals surface area contributed by atoms with Crippen molar-refractivity contribution in [1.82, 2.24) is 5.43 Å². The smallest absolute Gasteiger partial charge is 0.272 e. The summed E-state index contributed by atoms with van der Waals surface area (Å²) >= 11 is 0. The standard InChI is InChI=1S/C21H20N4O4/c1-27-16-10-12(11-17(28-2)18(16)29-3)21(20(26)25-22)19-14(8-9-23-21)13-6-4-5-7-15(13)24-19/h4-11H,22H2,1-3H3,(H,25,26). The number of nitrogens with one attached hydrogen (secondary N) is 1. The fourth-order valence-electron chi connectivity index (χ4n) is 3.74. The van der Waals surface area contributed by atoms with Crippen LogP contribution in [0.4, 0.5) is 5.69 Å². The van der Waals surface area contributed by atoms with Crippen LogP contribution in [0, 0.1) is 0 Å². The third-order valence-corrected chi connectivity index (χ3v) is 5.08. The molecular formula is C21H20N4O4. The highest BCUT2D eigenvalue weighted by Crippen LogP contribution is 2.48. The number of benzene rings is 2. The van der Waals surface area contributed by atoms with E-state index < -0.39 is 11.4 Å². The van der Waals surface area contributed by atoms with E-state index in [0.29, 0.717) is 28.5 Å². The van der Waals surface area contributed by atoms with Crippen molar-refractivity contribution in [3.05, 3.63) is 53.6 Å². The quantitative estimate of drug-likeness (QED) is 0.461. The highest BCUT2D eigenvalue weighted by Gasteiger charge is 2.50. The fraction of sp³-hybridized carbons (Fsp3) is 0.190. The number of amides is 1. The summed E-state index contributed by atoms with van der Waals surface area (Å²) in [6, 6.07) is 11.0. The Hall–Kier alpha value is -3.65. The Morgan fingerprint density at radius 3 is 2.38 bits per heavy atom. The Morgan fingerprint density at radius 2 is 1.76 bits per heavy atom. The van der Waals surface area contributed by atoms with Crippen LogP contribution in [0.3, 0.4) is 0 Å². The number of hydrazine groups is 1. The molecule has 4 rings (SSSR count). The topological polar surface area (TPSA) is 108 Å². The molecule has 2 aromatic carbocycles. The van der Waals surface area contributed by atoms with Crippen molar-refractivity contribution < 1.29 is 19.0 Å². The molecule has 0 aromatic heterocycles. The maximum absolute atomic E-state index is 13.2. The van der Waals surface area contributed by atoms with E-state index in [1.54, 1.807) is 18.3 Å². The Balaban J connectivity index is 2.00. The monoisotopic (exact) mass is 392 g/mol. The largest absolute Gasteiger partial charge is 0.493 e. The molecule has 1 unspecified atom stereocenters. The van der Waals surface area contributed by atoms with E-state index in [-0.39, 0.29) is 0 Å². The Kier molecular flexibility index (Phi) is 4.56. The number of para-hydroxylation sites is 1. The predicted octanol–water partition coefficient (Wildman–Crippen LogP) is 2.15. The minimum absolute atomic E-state index is 0.397. The second kappa shape index (κ2) is 7.06. The van der Waals surface area contributed by atoms with Gasteiger partial charge in [-0.15, -0.1) is 0 Å². The molecule has 8 heteroatoms. The lowest BCUT2D eigenvalue weighted by molar-refractivity contribution is -0.124. The highest BCUT2D eigenvalue weighted by atomic mass is 16.5. The number of ether oxygens (including phenoxy) is 3. The van der Waals surface area contributed by atoms with E-state index in [1.807, 2.05) is 30.3 Å². The zero-order valence-corrected chi connectivity index (χ0v) is 16.2. The first-order valence-corrected chi connectivity index (χ1v) is 8.86. The summed E-state index contributed by atoms with van der Waals surface area (Å²) in [6.07, 6.45) is 3.43. The molecule has 2 aliphatic rings. The number of carbonyl (C=O) groups is 1. The molecule has 0 spiro atoms. The summed E-state index contributed by atoms with van der Waals surface area (Å²) in [4.78, 5) is 22.5. The van der Waals surface area contributed by atoms with Gasteiger partial charge in [-0.05, 0) is 24.3 Å². The lowest BCUT2D eigenvalue weighted by Crippen LogP contribution is -2.52. The van der Waals surface area contributed by atoms with Crippen molar-refractivity contribution in [2.45, 2.75) is 5.54 Å². The second-order valence-corrected chi connectivity index (χ2v) is 6.43. The normalized spacial score (nSPS) is 18.9. The van der Waals surface area contributed by atoms with Gasteiger partial charge in [-0.2, -0.15) is 0 Å². The van der Waals surface area contributed by atoms with E-state index in [4.69, 9.17) is 25.0 Å². The SMILES string of the molecule is COc1cc(C2(C(=O)NN)N=CC=C3C2=Nc2ccccc23)cc(OC)c1OC. The molecule has 0 bridgehead atoms. The molecule has 2 heterocycles. The zero-order chi connectivity index (χ0) is 20.6. The summed E-state index contributed by atoms with van der Waals surface area (Å²) in [6.45, 7) is 0. The third kappa shape index (κ3) is 2.60. The number of fused-ring (bicyclic) bond motifs is 3. The molecule has 1 amide bonds. The van der Waals surface area contributed by atoms with E-state index in [0.717, 1.165) is 16.8 Å². The summed E-state index contributed by atoms with van der Waals surface area (Å²) in [5.41, 5.74) is 4.21. The first-order valence-electron chi connectivity index (χ1n) is 8.86. The molecule has 0 saturated heterocycles. The van der Waals surface area contributed by atoms with Gasteiger partial charge in [0.1, 0.15) is 0 Å². The molecule has 2 aliphatic heterocycles. The number of methoxy groups -OCH3 is 3. The highest BCUT2D eigenvalue weighted by molar-refractivity contribution is 6.41. The summed E-state index contributed by atoms with van der Waals surface area (Å²) in [7, 11) is 4.53. The molecule has 29 heavy (non-hydrogen) atoms. The maximum atomic E-state index is 13.2. The van der Waals surface area contributed by atoms with Crippen LogP contribution < -0.4 is 25.5 Å². The van der Waals surface area contributed by atoms with Gasteiger partial charge < -0.3 is 14.2 Å². The maximum Gasteiger partial charge on any atom is 0.272 e. The molecule has 0 radical (unpaired) electrons. The summed E-state index contributed by atoms with van der Waals surface area (Å²) in [5, 5.41) is 0. The predicted molar refractivity (Wildman–Crippen MR) is 110 cm³/mol. The first kappa shape index (κ1) is 18.7. The molecule has 2 aromatic rings. The fourth-order valence-corrected chi connectivity index (χ4v) is 3.74. The van der Waals surface area contributed by atoms with Gasteiger partial charge >= 0.3 is 0 Å². The van der Waals surface area contributed by atoms with Crippen LogP contribution >= 0.6 is 0 Å². The van der Waals surface area contributed by atoms with Crippen LogP contribution in [0.5, 0.6) is 17.2 Å². The van der Waals surface area contributed by atoms with Crippen molar-refractivity contribution in [2.75, 3.05) is 21.3 Å². The van der Waals surface area contributed by atoms with Crippen LogP contribution in [-0.2, 0) is 10.3 Å². The number of carbonyl (C=O) groups excluding carboxylic acids is 1. The molecule has 0 saturated carbocycles. The number of dihydropyridines is 1. The van der Waals surface area contributed by atoms with Crippen LogP contribution in [0.15, 0.2) is 52.5 Å². The van der Waals surface area contributed by atoms with Crippen molar-refractivity contribution in [3.63, 3.8) is 0 Å². The zero-order valence-electron chi connectivity index (χ0n) is 16.2. The van der Waals surface area contributed by atoms with E-state index in [9.17, 15) is 4.79 Å². The molecule has 8 nitrogen and oxygen atoms in total. The minimum Gasteiger partial charge on any atom is -0.493 e. The van der Waals surface area contributed by atoms with E-state index in [1.165, 1.54) is 21.3 Å². The Morgan fingerprint density at radius 1 is 1.07 bits per heavy atom. The second-order valence-electron chi connectivity index (χ2n) is 6.43. The van der Waals surface area contributed by atoms with Crippen LogP contribution in [0.1, 0.15) is 11.1 Å². The van der Waals surface area contributed by atoms with Crippen molar-refractivity contribution in [2.24, 2.45) is 15.8 Å². The number of nitrogens with zero attached hydrogens (tertiary/aromatic N) is 2. The molecule has 148 valence electrons. The van der Waals surface area contributed by atoms with Crippen molar-refractivity contribution in [1.29, 1.82) is 0 Å². The van der Waals surface area contributed by atoms with Crippen molar-refractivity contribution >= 4 is 29.1 Å². The summed E-state index contributed by atoms with van der Waals surface area (Å²) in [5.74, 6) is 6.25. The molecule has 0 aliphatic carbocycles. The Labute approximate surface area is 167 Å². The van der Waals surface area contributed by atoms with Gasteiger partial charge in [-0.1, -0.05) is 18.2 Å². The average Bonchev–Trinajstić information content (AvgIpc) is 3.16. The number of allylic oxidation sites excluding steroid dienone is 1. The van der Waals surface area contributed by atoms with Gasteiger partial charge in [0.25, 0.3) is 5.91 Å². The number of hydrogen-bond donors (Lipinski definition) is 2. The van der Waals surface area contributed by atoms with Gasteiger partial charge in [0.15, 0.2) is 11.5 Å². The summed E-state index contributed by atoms with van der Waals surface area (Å²) < 4.78 is 16.3. The number of nitrogens with two attached hydrogens (primary N) is 1. The third-order valence-electron chi connectivity index (χ3n) is 5.08. The lowest BCUT2D eigenvalue weighted by Gasteiger charge is -2.32. The van der Waals surface area contributed by atoms with Crippen molar-refractivity contribution in [3.8, 4) is 17.2 Å². The van der Waals surface area contributed by atoms with Gasteiger partial charge in [-0.3, -0.25) is 15.2 Å². The minimum atomic E-state index is -1.51. The molecule has 3 N–H and O–H groups in total. The van der Waals surface area contributed by atoms with E-state index >= 15 is 0 Å². The van der Waals surface area contributed by atoms with Gasteiger partial charge in [0, 0.05) is 22.9 Å². The van der Waals surface area contributed by atoms with E-state index in [2.05, 4.69) is 10.4 Å². The molecule has 0 fully saturated rings. The Bertz CT molecular complexity index is 1060. The number of hydrogen-bond acceptors (Lipinski definition) is 7. The van der Waals surface area contributed by atoms with Crippen LogP contribution in [0.2, 0.25) is 0 Å².